The van der Waals surface area contributed by atoms with Crippen LogP contribution in [0.15, 0.2) is 30.3 Å². The van der Waals surface area contributed by atoms with Crippen LogP contribution >= 0.6 is 0 Å². The number of rotatable bonds is 3. The fourth-order valence-electron chi connectivity index (χ4n) is 1.56. The summed E-state index contributed by atoms with van der Waals surface area (Å²) in [7, 11) is 1.56. The van der Waals surface area contributed by atoms with Crippen molar-refractivity contribution in [1.82, 2.24) is 10.2 Å². The number of aromatic carboxylic acids is 1. The molecule has 98 valence electrons. The smallest absolute Gasteiger partial charge is 0.353 e. The summed E-state index contributed by atoms with van der Waals surface area (Å²) in [6.45, 7) is 0. The first-order valence-corrected chi connectivity index (χ1v) is 5.41. The SMILES string of the molecule is CN(C(N)=O)c1ccc(-c2cc(C(=O)O)[nH]n2)cc1. The summed E-state index contributed by atoms with van der Waals surface area (Å²) < 4.78 is 0. The number of carbonyl (C=O) groups is 2. The summed E-state index contributed by atoms with van der Waals surface area (Å²) in [6.07, 6.45) is 0. The minimum absolute atomic E-state index is 0.0216. The van der Waals surface area contributed by atoms with Gasteiger partial charge in [0.05, 0.1) is 5.69 Å². The fraction of sp³-hybridized carbons (Fsp3) is 0.0833. The maximum absolute atomic E-state index is 11.0. The number of aromatic amines is 1. The lowest BCUT2D eigenvalue weighted by atomic mass is 10.1. The second-order valence-electron chi connectivity index (χ2n) is 3.92. The Hall–Kier alpha value is -2.83. The highest BCUT2D eigenvalue weighted by atomic mass is 16.4. The molecule has 0 atom stereocenters. The van der Waals surface area contributed by atoms with Gasteiger partial charge in [-0.05, 0) is 18.2 Å². The van der Waals surface area contributed by atoms with Crippen LogP contribution in [0.25, 0.3) is 11.3 Å². The Morgan fingerprint density at radius 1 is 1.32 bits per heavy atom. The van der Waals surface area contributed by atoms with Gasteiger partial charge in [-0.15, -0.1) is 0 Å². The van der Waals surface area contributed by atoms with Gasteiger partial charge in [0.1, 0.15) is 5.69 Å². The first kappa shape index (κ1) is 12.6. The Balaban J connectivity index is 2.27. The number of nitrogens with zero attached hydrogens (tertiary/aromatic N) is 2. The molecule has 0 saturated heterocycles. The van der Waals surface area contributed by atoms with Crippen molar-refractivity contribution < 1.29 is 14.7 Å². The van der Waals surface area contributed by atoms with E-state index in [1.165, 1.54) is 11.0 Å². The van der Waals surface area contributed by atoms with Crippen LogP contribution < -0.4 is 10.6 Å². The number of amides is 2. The van der Waals surface area contributed by atoms with Crippen molar-refractivity contribution in [2.45, 2.75) is 0 Å². The Kier molecular flexibility index (Phi) is 3.19. The highest BCUT2D eigenvalue weighted by Gasteiger charge is 2.10. The monoisotopic (exact) mass is 260 g/mol. The minimum atomic E-state index is -1.07. The molecule has 0 bridgehead atoms. The number of benzene rings is 1. The number of hydrogen-bond donors (Lipinski definition) is 3. The Morgan fingerprint density at radius 2 is 1.95 bits per heavy atom. The third-order valence-electron chi connectivity index (χ3n) is 2.69. The van der Waals surface area contributed by atoms with E-state index >= 15 is 0 Å². The van der Waals surface area contributed by atoms with Gasteiger partial charge in [-0.25, -0.2) is 9.59 Å². The summed E-state index contributed by atoms with van der Waals surface area (Å²) in [5.41, 5.74) is 7.08. The third-order valence-corrected chi connectivity index (χ3v) is 2.69. The van der Waals surface area contributed by atoms with E-state index in [1.54, 1.807) is 31.3 Å². The molecule has 0 spiro atoms. The molecule has 0 aliphatic heterocycles. The molecule has 7 heteroatoms. The molecule has 19 heavy (non-hydrogen) atoms. The van der Waals surface area contributed by atoms with E-state index in [9.17, 15) is 9.59 Å². The van der Waals surface area contributed by atoms with Crippen LogP contribution in [-0.2, 0) is 0 Å². The molecule has 4 N–H and O–H groups in total. The molecule has 2 rings (SSSR count). The number of carboxylic acids is 1. The fourth-order valence-corrected chi connectivity index (χ4v) is 1.56. The van der Waals surface area contributed by atoms with Gasteiger partial charge in [0.25, 0.3) is 0 Å². The maximum Gasteiger partial charge on any atom is 0.353 e. The van der Waals surface area contributed by atoms with E-state index in [4.69, 9.17) is 10.8 Å². The number of aromatic nitrogens is 2. The second kappa shape index (κ2) is 4.81. The summed E-state index contributed by atoms with van der Waals surface area (Å²) in [5.74, 6) is -1.07. The van der Waals surface area contributed by atoms with Gasteiger partial charge in [0.15, 0.2) is 0 Å². The van der Waals surface area contributed by atoms with E-state index in [-0.39, 0.29) is 5.69 Å². The molecule has 0 saturated carbocycles. The Labute approximate surface area is 108 Å². The highest BCUT2D eigenvalue weighted by molar-refractivity contribution is 5.90. The molecule has 1 aromatic heterocycles. The normalized spacial score (nSPS) is 10.2. The van der Waals surface area contributed by atoms with Gasteiger partial charge in [0.2, 0.25) is 0 Å². The van der Waals surface area contributed by atoms with Gasteiger partial charge >= 0.3 is 12.0 Å². The molecule has 0 aliphatic carbocycles. The number of primary amides is 1. The molecule has 0 unspecified atom stereocenters. The maximum atomic E-state index is 11.0. The molecule has 2 amide bonds. The lowest BCUT2D eigenvalue weighted by Gasteiger charge is -2.14. The van der Waals surface area contributed by atoms with E-state index in [0.29, 0.717) is 11.4 Å². The molecule has 7 nitrogen and oxygen atoms in total. The zero-order chi connectivity index (χ0) is 14.0. The first-order valence-electron chi connectivity index (χ1n) is 5.41. The molecule has 1 heterocycles. The standard InChI is InChI=1S/C12H12N4O3/c1-16(12(13)19)8-4-2-7(3-5-8)9-6-10(11(17)18)15-14-9/h2-6H,1H3,(H2,13,19)(H,14,15)(H,17,18). The lowest BCUT2D eigenvalue weighted by molar-refractivity contribution is 0.0690. The van der Waals surface area contributed by atoms with Gasteiger partial charge in [-0.3, -0.25) is 10.00 Å². The molecule has 0 fully saturated rings. The average molecular weight is 260 g/mol. The van der Waals surface area contributed by atoms with E-state index < -0.39 is 12.0 Å². The van der Waals surface area contributed by atoms with E-state index in [0.717, 1.165) is 5.56 Å². The van der Waals surface area contributed by atoms with Crippen LogP contribution in [0.2, 0.25) is 0 Å². The number of nitrogens with two attached hydrogens (primary N) is 1. The van der Waals surface area contributed by atoms with E-state index in [1.807, 2.05) is 0 Å². The Morgan fingerprint density at radius 3 is 2.42 bits per heavy atom. The summed E-state index contributed by atoms with van der Waals surface area (Å²) in [6, 6.07) is 7.76. The molecular formula is C12H12N4O3. The number of carbonyl (C=O) groups excluding carboxylic acids is 1. The number of H-pyrrole nitrogens is 1. The van der Waals surface area contributed by atoms with Gasteiger partial charge in [0, 0.05) is 18.3 Å². The van der Waals surface area contributed by atoms with Crippen LogP contribution in [-0.4, -0.2) is 34.4 Å². The van der Waals surface area contributed by atoms with Crippen molar-refractivity contribution in [2.24, 2.45) is 5.73 Å². The number of nitrogens with one attached hydrogen (secondary N) is 1. The largest absolute Gasteiger partial charge is 0.477 e. The zero-order valence-corrected chi connectivity index (χ0v) is 10.1. The number of urea groups is 1. The number of anilines is 1. The van der Waals surface area contributed by atoms with Crippen molar-refractivity contribution in [3.05, 3.63) is 36.0 Å². The topological polar surface area (TPSA) is 112 Å². The van der Waals surface area contributed by atoms with Crippen LogP contribution in [0.1, 0.15) is 10.5 Å². The molecular weight excluding hydrogens is 248 g/mol. The van der Waals surface area contributed by atoms with Gasteiger partial charge in [-0.2, -0.15) is 5.10 Å². The van der Waals surface area contributed by atoms with Crippen molar-refractivity contribution in [3.63, 3.8) is 0 Å². The van der Waals surface area contributed by atoms with Crippen molar-refractivity contribution in [3.8, 4) is 11.3 Å². The van der Waals surface area contributed by atoms with Crippen LogP contribution in [0.4, 0.5) is 10.5 Å². The van der Waals surface area contributed by atoms with E-state index in [2.05, 4.69) is 10.2 Å². The zero-order valence-electron chi connectivity index (χ0n) is 10.1. The number of carboxylic acid groups (broad SMARTS) is 1. The van der Waals surface area contributed by atoms with Crippen LogP contribution in [0, 0.1) is 0 Å². The third kappa shape index (κ3) is 2.54. The summed E-state index contributed by atoms with van der Waals surface area (Å²) in [5, 5.41) is 15.1. The van der Waals surface area contributed by atoms with Crippen LogP contribution in [0.3, 0.4) is 0 Å². The minimum Gasteiger partial charge on any atom is -0.477 e. The first-order chi connectivity index (χ1) is 8.99. The quantitative estimate of drug-likeness (QED) is 0.771. The van der Waals surface area contributed by atoms with Crippen molar-refractivity contribution in [2.75, 3.05) is 11.9 Å². The average Bonchev–Trinajstić information content (AvgIpc) is 2.87. The predicted molar refractivity (Wildman–Crippen MR) is 69.0 cm³/mol. The highest BCUT2D eigenvalue weighted by Crippen LogP contribution is 2.21. The lowest BCUT2D eigenvalue weighted by Crippen LogP contribution is -2.31. The molecule has 1 aromatic carbocycles. The predicted octanol–water partition coefficient (Wildman–Crippen LogP) is 1.29. The Bertz CT molecular complexity index is 618. The van der Waals surface area contributed by atoms with Gasteiger partial charge in [-0.1, -0.05) is 12.1 Å². The second-order valence-corrected chi connectivity index (χ2v) is 3.92. The summed E-state index contributed by atoms with van der Waals surface area (Å²) >= 11 is 0. The molecule has 2 aromatic rings. The van der Waals surface area contributed by atoms with Crippen molar-refractivity contribution >= 4 is 17.7 Å². The van der Waals surface area contributed by atoms with Crippen LogP contribution in [0.5, 0.6) is 0 Å². The number of hydrogen-bond acceptors (Lipinski definition) is 3. The molecule has 0 radical (unpaired) electrons. The molecule has 0 aliphatic rings. The van der Waals surface area contributed by atoms with Gasteiger partial charge < -0.3 is 10.8 Å². The van der Waals surface area contributed by atoms with Crippen molar-refractivity contribution in [1.29, 1.82) is 0 Å². The summed E-state index contributed by atoms with van der Waals surface area (Å²) in [4.78, 5) is 23.0.